The Morgan fingerprint density at radius 1 is 1.26 bits per heavy atom. The molecule has 9 heteroatoms. The molecule has 0 saturated carbocycles. The number of carbonyl (C=O) groups excluding carboxylic acids is 3. The van der Waals surface area contributed by atoms with Crippen molar-refractivity contribution in [2.45, 2.75) is 99.0 Å². The first-order valence-electron chi connectivity index (χ1n) is 14.6. The molecule has 3 rings (SSSR count). The summed E-state index contributed by atoms with van der Waals surface area (Å²) in [6, 6.07) is -1.23. The molecule has 220 valence electrons. The Bertz CT molecular complexity index is 901. The van der Waals surface area contributed by atoms with Gasteiger partial charge in [0, 0.05) is 23.2 Å². The molecule has 3 aliphatic heterocycles. The Kier molecular flexibility index (Phi) is 12.0. The van der Waals surface area contributed by atoms with Crippen LogP contribution in [0.3, 0.4) is 0 Å². The van der Waals surface area contributed by atoms with E-state index in [2.05, 4.69) is 49.9 Å². The van der Waals surface area contributed by atoms with E-state index in [0.717, 1.165) is 38.5 Å². The largest absolute Gasteiger partial charge is 0.465 e. The third-order valence-corrected chi connectivity index (χ3v) is 11.5. The van der Waals surface area contributed by atoms with Gasteiger partial charge in [-0.25, -0.2) is 0 Å². The van der Waals surface area contributed by atoms with Gasteiger partial charge in [0.2, 0.25) is 11.8 Å². The summed E-state index contributed by atoms with van der Waals surface area (Å²) in [4.78, 5) is 45.7. The number of carbonyl (C=O) groups is 3. The van der Waals surface area contributed by atoms with E-state index in [9.17, 15) is 19.5 Å². The van der Waals surface area contributed by atoms with Crippen LogP contribution in [-0.4, -0.2) is 85.9 Å². The van der Waals surface area contributed by atoms with Gasteiger partial charge >= 0.3 is 5.97 Å². The van der Waals surface area contributed by atoms with Gasteiger partial charge in [-0.2, -0.15) is 0 Å². The van der Waals surface area contributed by atoms with Crippen LogP contribution in [0.1, 0.15) is 72.1 Å². The Morgan fingerprint density at radius 3 is 2.62 bits per heavy atom. The Hall–Kier alpha value is -1.32. The van der Waals surface area contributed by atoms with Crippen LogP contribution in [0.4, 0.5) is 0 Å². The molecule has 1 spiro atoms. The standard InChI is InChI=1S/C30H47BrN2O5S/c1-6-9-11-13-16-38-29(37)23-24-27(35)33(21(19-34)17-20(4)5)26(30(24)18-22(31)25(23)39-30)28(36)32(14-8-3)15-12-10-7-2/h6,8,20-26,34H,1,3,7,9-19H2,2,4-5H3/t21-,22?,23-,24+,25-,26?,30?/m1/s1. The van der Waals surface area contributed by atoms with Crippen LogP contribution in [0.25, 0.3) is 0 Å². The number of allylic oxidation sites excluding steroid dienone is 1. The van der Waals surface area contributed by atoms with Gasteiger partial charge in [0.25, 0.3) is 0 Å². The van der Waals surface area contributed by atoms with Crippen molar-refractivity contribution in [3.8, 4) is 0 Å². The summed E-state index contributed by atoms with van der Waals surface area (Å²) in [5, 5.41) is 10.3. The normalized spacial score (nSPS) is 29.9. The number of nitrogens with zero attached hydrogens (tertiary/aromatic N) is 2. The molecule has 3 unspecified atom stereocenters. The second-order valence-corrected chi connectivity index (χ2v) is 14.3. The molecule has 2 amide bonds. The zero-order valence-electron chi connectivity index (χ0n) is 23.9. The van der Waals surface area contributed by atoms with Crippen LogP contribution in [0.5, 0.6) is 0 Å². The van der Waals surface area contributed by atoms with Gasteiger partial charge in [-0.15, -0.1) is 24.9 Å². The monoisotopic (exact) mass is 626 g/mol. The van der Waals surface area contributed by atoms with Gasteiger partial charge in [0.15, 0.2) is 0 Å². The number of halogens is 1. The highest BCUT2D eigenvalue weighted by Crippen LogP contribution is 2.68. The van der Waals surface area contributed by atoms with Crippen molar-refractivity contribution >= 4 is 45.5 Å². The smallest absolute Gasteiger partial charge is 0.310 e. The molecule has 0 aliphatic carbocycles. The van der Waals surface area contributed by atoms with E-state index in [-0.39, 0.29) is 40.4 Å². The van der Waals surface area contributed by atoms with Crippen molar-refractivity contribution in [1.82, 2.24) is 9.80 Å². The number of aliphatic hydroxyl groups is 1. The van der Waals surface area contributed by atoms with Gasteiger partial charge in [-0.05, 0) is 44.4 Å². The van der Waals surface area contributed by atoms with Crippen molar-refractivity contribution in [1.29, 1.82) is 0 Å². The van der Waals surface area contributed by atoms with Crippen molar-refractivity contribution in [3.63, 3.8) is 0 Å². The molecular weight excluding hydrogens is 580 g/mol. The highest BCUT2D eigenvalue weighted by atomic mass is 79.9. The molecule has 0 aromatic rings. The minimum Gasteiger partial charge on any atom is -0.465 e. The molecule has 1 N–H and O–H groups in total. The number of hydrogen-bond acceptors (Lipinski definition) is 6. The minimum atomic E-state index is -0.743. The lowest BCUT2D eigenvalue weighted by Gasteiger charge is -2.40. The molecule has 3 heterocycles. The second kappa shape index (κ2) is 14.5. The molecule has 3 saturated heterocycles. The number of hydrogen-bond donors (Lipinski definition) is 1. The van der Waals surface area contributed by atoms with Crippen molar-refractivity contribution in [3.05, 3.63) is 25.3 Å². The highest BCUT2D eigenvalue weighted by Gasteiger charge is 2.76. The molecule has 0 radical (unpaired) electrons. The van der Waals surface area contributed by atoms with E-state index in [1.54, 1.807) is 22.7 Å². The number of likely N-dealkylation sites (tertiary alicyclic amines) is 1. The number of ether oxygens (including phenoxy) is 1. The molecule has 7 atom stereocenters. The fourth-order valence-electron chi connectivity index (χ4n) is 6.66. The average Bonchev–Trinajstić information content (AvgIpc) is 3.49. The third kappa shape index (κ3) is 6.61. The zero-order valence-corrected chi connectivity index (χ0v) is 26.3. The summed E-state index contributed by atoms with van der Waals surface area (Å²) < 4.78 is 4.98. The first-order chi connectivity index (χ1) is 18.7. The van der Waals surface area contributed by atoms with E-state index in [0.29, 0.717) is 32.5 Å². The predicted molar refractivity (Wildman–Crippen MR) is 161 cm³/mol. The number of aliphatic hydroxyl groups excluding tert-OH is 1. The van der Waals surface area contributed by atoms with Gasteiger partial charge in [0.1, 0.15) is 6.04 Å². The average molecular weight is 628 g/mol. The number of thioether (sulfide) groups is 1. The van der Waals surface area contributed by atoms with Crippen LogP contribution in [-0.2, 0) is 19.1 Å². The predicted octanol–water partition coefficient (Wildman–Crippen LogP) is 4.96. The number of esters is 1. The maximum absolute atomic E-state index is 14.4. The lowest BCUT2D eigenvalue weighted by Crippen LogP contribution is -2.58. The van der Waals surface area contributed by atoms with Crippen molar-refractivity contribution in [2.75, 3.05) is 26.3 Å². The van der Waals surface area contributed by atoms with E-state index in [1.165, 1.54) is 0 Å². The lowest BCUT2D eigenvalue weighted by atomic mass is 9.71. The molecular formula is C30H47BrN2O5S. The van der Waals surface area contributed by atoms with Gasteiger partial charge in [-0.3, -0.25) is 14.4 Å². The summed E-state index contributed by atoms with van der Waals surface area (Å²) in [6.07, 6.45) is 10.2. The topological polar surface area (TPSA) is 87.2 Å². The van der Waals surface area contributed by atoms with Crippen molar-refractivity contribution < 1.29 is 24.2 Å². The minimum absolute atomic E-state index is 0.00858. The summed E-state index contributed by atoms with van der Waals surface area (Å²) in [5.74, 6) is -1.68. The zero-order chi connectivity index (χ0) is 28.7. The number of fused-ring (bicyclic) bond motifs is 1. The van der Waals surface area contributed by atoms with E-state index >= 15 is 0 Å². The van der Waals surface area contributed by atoms with Gasteiger partial charge < -0.3 is 19.6 Å². The first-order valence-corrected chi connectivity index (χ1v) is 16.4. The number of rotatable bonds is 17. The maximum atomic E-state index is 14.4. The lowest BCUT2D eigenvalue weighted by molar-refractivity contribution is -0.154. The van der Waals surface area contributed by atoms with Crippen LogP contribution >= 0.6 is 27.7 Å². The molecule has 0 aromatic carbocycles. The van der Waals surface area contributed by atoms with Crippen LogP contribution in [0.2, 0.25) is 0 Å². The molecule has 39 heavy (non-hydrogen) atoms. The molecule has 3 fully saturated rings. The Morgan fingerprint density at radius 2 is 2.00 bits per heavy atom. The second-order valence-electron chi connectivity index (χ2n) is 11.6. The quantitative estimate of drug-likeness (QED) is 0.106. The molecule has 2 bridgehead atoms. The summed E-state index contributed by atoms with van der Waals surface area (Å²) >= 11 is 5.43. The SMILES string of the molecule is C=CCCCCOC(=O)[C@H]1[C@@H]2SC3(CC2Br)C(C(=O)N(CC=C)CCCCC)N([C@@H](CO)CC(C)C)C(=O)[C@H]13. The van der Waals surface area contributed by atoms with E-state index in [1.807, 2.05) is 11.0 Å². The van der Waals surface area contributed by atoms with E-state index < -0.39 is 28.7 Å². The molecule has 0 aromatic heterocycles. The molecule has 3 aliphatic rings. The van der Waals surface area contributed by atoms with Crippen LogP contribution in [0, 0.1) is 17.8 Å². The first kappa shape index (κ1) is 32.2. The van der Waals surface area contributed by atoms with Gasteiger partial charge in [-0.1, -0.05) is 61.7 Å². The Balaban J connectivity index is 1.99. The Labute approximate surface area is 247 Å². The van der Waals surface area contributed by atoms with Crippen LogP contribution < -0.4 is 0 Å². The van der Waals surface area contributed by atoms with Gasteiger partial charge in [0.05, 0.1) is 35.8 Å². The maximum Gasteiger partial charge on any atom is 0.310 e. The summed E-state index contributed by atoms with van der Waals surface area (Å²) in [7, 11) is 0. The number of unbranched alkanes of at least 4 members (excludes halogenated alkanes) is 4. The summed E-state index contributed by atoms with van der Waals surface area (Å²) in [5.41, 5.74) is 0. The molecule has 7 nitrogen and oxygen atoms in total. The highest BCUT2D eigenvalue weighted by molar-refractivity contribution is 9.09. The fraction of sp³-hybridized carbons (Fsp3) is 0.767. The number of amides is 2. The van der Waals surface area contributed by atoms with E-state index in [4.69, 9.17) is 4.74 Å². The van der Waals surface area contributed by atoms with Crippen LogP contribution in [0.15, 0.2) is 25.3 Å². The third-order valence-electron chi connectivity index (χ3n) is 8.32. The summed E-state index contributed by atoms with van der Waals surface area (Å²) in [6.45, 7) is 14.9. The number of alkyl halides is 1. The van der Waals surface area contributed by atoms with Crippen molar-refractivity contribution in [2.24, 2.45) is 17.8 Å². The fourth-order valence-corrected chi connectivity index (χ4v) is 10.2.